The molecular weight excluding hydrogens is 325 g/mol. The van der Waals surface area contributed by atoms with E-state index in [4.69, 9.17) is 4.52 Å². The number of halogens is 2. The molecule has 1 unspecified atom stereocenters. The van der Waals surface area contributed by atoms with E-state index in [1.165, 1.54) is 6.07 Å². The van der Waals surface area contributed by atoms with Crippen LogP contribution >= 0.6 is 15.9 Å². The molecule has 0 spiro atoms. The van der Waals surface area contributed by atoms with Gasteiger partial charge in [-0.2, -0.15) is 4.98 Å². The first-order valence-electron chi connectivity index (χ1n) is 6.59. The second kappa shape index (κ2) is 5.26. The van der Waals surface area contributed by atoms with Crippen molar-refractivity contribution in [1.82, 2.24) is 15.5 Å². The summed E-state index contributed by atoms with van der Waals surface area (Å²) in [5, 5.41) is 7.38. The molecule has 3 rings (SSSR count). The number of hydrogen-bond acceptors (Lipinski definition) is 4. The van der Waals surface area contributed by atoms with Gasteiger partial charge in [0.15, 0.2) is 0 Å². The minimum absolute atomic E-state index is 0.124. The quantitative estimate of drug-likeness (QED) is 0.912. The van der Waals surface area contributed by atoms with Gasteiger partial charge >= 0.3 is 0 Å². The molecule has 1 saturated heterocycles. The molecule has 1 aromatic heterocycles. The maximum atomic E-state index is 13.3. The summed E-state index contributed by atoms with van der Waals surface area (Å²) in [4.78, 5) is 4.49. The Morgan fingerprint density at radius 3 is 3.00 bits per heavy atom. The Morgan fingerprint density at radius 1 is 1.45 bits per heavy atom. The number of aromatic nitrogens is 2. The van der Waals surface area contributed by atoms with Crippen molar-refractivity contribution in [3.8, 4) is 11.4 Å². The molecule has 0 bridgehead atoms. The van der Waals surface area contributed by atoms with Crippen LogP contribution in [0.2, 0.25) is 0 Å². The lowest BCUT2D eigenvalue weighted by Gasteiger charge is -2.30. The number of benzene rings is 1. The highest BCUT2D eigenvalue weighted by Crippen LogP contribution is 2.31. The molecule has 1 atom stereocenters. The highest BCUT2D eigenvalue weighted by Gasteiger charge is 2.34. The first kappa shape index (κ1) is 13.7. The van der Waals surface area contributed by atoms with E-state index in [1.54, 1.807) is 12.1 Å². The zero-order valence-electron chi connectivity index (χ0n) is 11.1. The summed E-state index contributed by atoms with van der Waals surface area (Å²) in [6.45, 7) is 3.99. The van der Waals surface area contributed by atoms with Crippen LogP contribution in [0.5, 0.6) is 0 Å². The predicted molar refractivity (Wildman–Crippen MR) is 76.8 cm³/mol. The van der Waals surface area contributed by atoms with Crippen molar-refractivity contribution < 1.29 is 8.91 Å². The number of rotatable bonds is 2. The third-order valence-electron chi connectivity index (χ3n) is 3.72. The van der Waals surface area contributed by atoms with E-state index in [-0.39, 0.29) is 11.2 Å². The van der Waals surface area contributed by atoms with Crippen LogP contribution in [-0.2, 0) is 5.41 Å². The van der Waals surface area contributed by atoms with E-state index >= 15 is 0 Å². The smallest absolute Gasteiger partial charge is 0.234 e. The molecule has 0 amide bonds. The van der Waals surface area contributed by atoms with Crippen molar-refractivity contribution in [1.29, 1.82) is 0 Å². The fourth-order valence-corrected chi connectivity index (χ4v) is 2.84. The lowest BCUT2D eigenvalue weighted by Crippen LogP contribution is -2.41. The zero-order valence-corrected chi connectivity index (χ0v) is 12.7. The van der Waals surface area contributed by atoms with Crippen LogP contribution in [0.15, 0.2) is 27.2 Å². The second-order valence-electron chi connectivity index (χ2n) is 5.39. The SMILES string of the molecule is CC1(c2nc(-c3ccc(F)c(Br)c3)no2)CCCNC1. The van der Waals surface area contributed by atoms with Crippen molar-refractivity contribution in [2.75, 3.05) is 13.1 Å². The molecule has 1 fully saturated rings. The first-order chi connectivity index (χ1) is 9.58. The number of nitrogens with zero attached hydrogens (tertiary/aromatic N) is 2. The van der Waals surface area contributed by atoms with E-state index in [0.717, 1.165) is 31.5 Å². The molecule has 1 aliphatic heterocycles. The number of piperidine rings is 1. The summed E-state index contributed by atoms with van der Waals surface area (Å²) in [6, 6.07) is 4.70. The largest absolute Gasteiger partial charge is 0.338 e. The lowest BCUT2D eigenvalue weighted by molar-refractivity contribution is 0.245. The van der Waals surface area contributed by atoms with Crippen LogP contribution in [0.4, 0.5) is 4.39 Å². The minimum Gasteiger partial charge on any atom is -0.338 e. The zero-order chi connectivity index (χ0) is 14.2. The van der Waals surface area contributed by atoms with Crippen LogP contribution in [-0.4, -0.2) is 23.2 Å². The van der Waals surface area contributed by atoms with Gasteiger partial charge in [0.2, 0.25) is 11.7 Å². The van der Waals surface area contributed by atoms with Crippen molar-refractivity contribution in [3.05, 3.63) is 34.4 Å². The highest BCUT2D eigenvalue weighted by molar-refractivity contribution is 9.10. The Morgan fingerprint density at radius 2 is 2.30 bits per heavy atom. The number of nitrogens with one attached hydrogen (secondary N) is 1. The van der Waals surface area contributed by atoms with Crippen LogP contribution in [0.1, 0.15) is 25.7 Å². The monoisotopic (exact) mass is 339 g/mol. The van der Waals surface area contributed by atoms with Gasteiger partial charge in [-0.25, -0.2) is 4.39 Å². The van der Waals surface area contributed by atoms with E-state index in [9.17, 15) is 4.39 Å². The van der Waals surface area contributed by atoms with Gasteiger partial charge in [0.05, 0.1) is 9.89 Å². The predicted octanol–water partition coefficient (Wildman–Crippen LogP) is 3.28. The lowest BCUT2D eigenvalue weighted by atomic mass is 9.83. The van der Waals surface area contributed by atoms with Crippen molar-refractivity contribution >= 4 is 15.9 Å². The summed E-state index contributed by atoms with van der Waals surface area (Å²) in [5.41, 5.74) is 0.612. The molecule has 1 N–H and O–H groups in total. The Balaban J connectivity index is 1.91. The van der Waals surface area contributed by atoms with Crippen molar-refractivity contribution in [2.24, 2.45) is 0 Å². The minimum atomic E-state index is -0.305. The van der Waals surface area contributed by atoms with Gasteiger partial charge < -0.3 is 9.84 Å². The average molecular weight is 340 g/mol. The standard InChI is InChI=1S/C14H15BrFN3O/c1-14(5-2-6-17-8-14)13-18-12(19-20-13)9-3-4-11(16)10(15)7-9/h3-4,7,17H,2,5-6,8H2,1H3. The second-order valence-corrected chi connectivity index (χ2v) is 6.25. The molecule has 2 heterocycles. The van der Waals surface area contributed by atoms with Crippen molar-refractivity contribution in [3.63, 3.8) is 0 Å². The molecular formula is C14H15BrFN3O. The van der Waals surface area contributed by atoms with Gasteiger partial charge in [0.25, 0.3) is 0 Å². The fourth-order valence-electron chi connectivity index (χ4n) is 2.46. The summed E-state index contributed by atoms with van der Waals surface area (Å²) in [5.74, 6) is 0.827. The summed E-state index contributed by atoms with van der Waals surface area (Å²) in [7, 11) is 0. The topological polar surface area (TPSA) is 51.0 Å². The molecule has 4 nitrogen and oxygen atoms in total. The highest BCUT2D eigenvalue weighted by atomic mass is 79.9. The van der Waals surface area contributed by atoms with Crippen LogP contribution in [0, 0.1) is 5.82 Å². The molecule has 20 heavy (non-hydrogen) atoms. The molecule has 6 heteroatoms. The average Bonchev–Trinajstić information content (AvgIpc) is 2.93. The molecule has 1 aliphatic rings. The summed E-state index contributed by atoms with van der Waals surface area (Å²) < 4.78 is 19.1. The van der Waals surface area contributed by atoms with E-state index in [1.807, 2.05) is 0 Å². The van der Waals surface area contributed by atoms with E-state index in [2.05, 4.69) is 38.3 Å². The van der Waals surface area contributed by atoms with Crippen LogP contribution in [0.25, 0.3) is 11.4 Å². The molecule has 106 valence electrons. The first-order valence-corrected chi connectivity index (χ1v) is 7.38. The fraction of sp³-hybridized carbons (Fsp3) is 0.429. The summed E-state index contributed by atoms with van der Waals surface area (Å²) >= 11 is 3.17. The Labute approximate surface area is 124 Å². The molecule has 1 aromatic carbocycles. The Bertz CT molecular complexity index is 623. The third-order valence-corrected chi connectivity index (χ3v) is 4.33. The normalized spacial score (nSPS) is 22.9. The van der Waals surface area contributed by atoms with Crippen molar-refractivity contribution in [2.45, 2.75) is 25.2 Å². The third kappa shape index (κ3) is 2.50. The summed E-state index contributed by atoms with van der Waals surface area (Å²) in [6.07, 6.45) is 2.12. The van der Waals surface area contributed by atoms with Gasteiger partial charge in [-0.05, 0) is 60.4 Å². The van der Waals surface area contributed by atoms with Gasteiger partial charge in [-0.15, -0.1) is 0 Å². The van der Waals surface area contributed by atoms with Gasteiger partial charge in [0, 0.05) is 12.1 Å². The van der Waals surface area contributed by atoms with Gasteiger partial charge in [-0.1, -0.05) is 5.16 Å². The number of hydrogen-bond donors (Lipinski definition) is 1. The molecule has 2 aromatic rings. The maximum absolute atomic E-state index is 13.3. The van der Waals surface area contributed by atoms with Gasteiger partial charge in [0.1, 0.15) is 5.82 Å². The van der Waals surface area contributed by atoms with Gasteiger partial charge in [-0.3, -0.25) is 0 Å². The molecule has 0 saturated carbocycles. The molecule has 0 radical (unpaired) electrons. The van der Waals surface area contributed by atoms with E-state index < -0.39 is 0 Å². The maximum Gasteiger partial charge on any atom is 0.234 e. The van der Waals surface area contributed by atoms with Crippen LogP contribution in [0.3, 0.4) is 0 Å². The van der Waals surface area contributed by atoms with Crippen LogP contribution < -0.4 is 5.32 Å². The molecule has 0 aliphatic carbocycles. The van der Waals surface area contributed by atoms with E-state index in [0.29, 0.717) is 16.2 Å². The Kier molecular flexibility index (Phi) is 3.60. The Hall–Kier alpha value is -1.27.